The molecule has 0 saturated carbocycles. The van der Waals surface area contributed by atoms with Crippen LogP contribution < -0.4 is 5.32 Å². The highest BCUT2D eigenvalue weighted by molar-refractivity contribution is 5.92. The molecule has 0 fully saturated rings. The van der Waals surface area contributed by atoms with Gasteiger partial charge in [-0.1, -0.05) is 45.0 Å². The van der Waals surface area contributed by atoms with E-state index < -0.39 is 0 Å². The Balaban J connectivity index is 1.86. The lowest BCUT2D eigenvalue weighted by Crippen LogP contribution is -2.26. The molecule has 1 aromatic heterocycles. The number of nitrogens with one attached hydrogen (secondary N) is 1. The van der Waals surface area contributed by atoms with Crippen LogP contribution in [0.15, 0.2) is 42.6 Å². The second-order valence-corrected chi connectivity index (χ2v) is 6.35. The van der Waals surface area contributed by atoms with E-state index in [1.54, 1.807) is 0 Å². The van der Waals surface area contributed by atoms with Crippen LogP contribution in [-0.4, -0.2) is 22.5 Å². The highest BCUT2D eigenvalue weighted by Gasteiger charge is 2.12. The van der Waals surface area contributed by atoms with E-state index in [2.05, 4.69) is 55.3 Å². The number of carbonyl (C=O) groups excluding carboxylic acids is 1. The fourth-order valence-corrected chi connectivity index (χ4v) is 2.10. The summed E-state index contributed by atoms with van der Waals surface area (Å²) in [4.78, 5) is 15.8. The van der Waals surface area contributed by atoms with Crippen molar-refractivity contribution in [1.29, 1.82) is 0 Å². The van der Waals surface area contributed by atoms with Gasteiger partial charge >= 0.3 is 0 Å². The Hall–Kier alpha value is -2.36. The van der Waals surface area contributed by atoms with E-state index in [1.165, 1.54) is 29.5 Å². The SMILES string of the molecule is CC(C)(C)c1ccc(CCNC(=O)c2ccc(O)cn2)cc1. The topological polar surface area (TPSA) is 62.2 Å². The number of nitrogens with zero attached hydrogens (tertiary/aromatic N) is 1. The van der Waals surface area contributed by atoms with Crippen LogP contribution in [0.5, 0.6) is 5.75 Å². The molecule has 1 aromatic carbocycles. The van der Waals surface area contributed by atoms with Gasteiger partial charge in [0.1, 0.15) is 11.4 Å². The maximum Gasteiger partial charge on any atom is 0.269 e. The van der Waals surface area contributed by atoms with Gasteiger partial charge in [0.05, 0.1) is 6.20 Å². The van der Waals surface area contributed by atoms with Crippen molar-refractivity contribution in [3.63, 3.8) is 0 Å². The van der Waals surface area contributed by atoms with E-state index in [-0.39, 0.29) is 17.1 Å². The minimum Gasteiger partial charge on any atom is -0.506 e. The predicted octanol–water partition coefficient (Wildman–Crippen LogP) is 3.06. The van der Waals surface area contributed by atoms with Gasteiger partial charge in [0.2, 0.25) is 0 Å². The van der Waals surface area contributed by atoms with Crippen LogP contribution in [0.2, 0.25) is 0 Å². The Bertz CT molecular complexity index is 626. The normalized spacial score (nSPS) is 11.2. The van der Waals surface area contributed by atoms with E-state index in [0.717, 1.165) is 6.42 Å². The number of rotatable bonds is 4. The maximum atomic E-state index is 11.9. The zero-order valence-corrected chi connectivity index (χ0v) is 13.3. The van der Waals surface area contributed by atoms with E-state index >= 15 is 0 Å². The molecule has 0 bridgehead atoms. The quantitative estimate of drug-likeness (QED) is 0.912. The van der Waals surface area contributed by atoms with Crippen LogP contribution in [-0.2, 0) is 11.8 Å². The lowest BCUT2D eigenvalue weighted by molar-refractivity contribution is 0.0949. The van der Waals surface area contributed by atoms with E-state index in [9.17, 15) is 4.79 Å². The number of carbonyl (C=O) groups is 1. The number of hydrogen-bond donors (Lipinski definition) is 2. The first-order chi connectivity index (χ1) is 10.4. The van der Waals surface area contributed by atoms with Gasteiger partial charge in [-0.25, -0.2) is 4.98 Å². The summed E-state index contributed by atoms with van der Waals surface area (Å²) in [6.07, 6.45) is 2.04. The van der Waals surface area contributed by atoms with Crippen molar-refractivity contribution >= 4 is 5.91 Å². The molecule has 0 spiro atoms. The highest BCUT2D eigenvalue weighted by atomic mass is 16.3. The number of aromatic hydroxyl groups is 1. The van der Waals surface area contributed by atoms with Gasteiger partial charge in [-0.2, -0.15) is 0 Å². The minimum atomic E-state index is -0.230. The summed E-state index contributed by atoms with van der Waals surface area (Å²) in [7, 11) is 0. The Labute approximate surface area is 131 Å². The third-order valence-corrected chi connectivity index (χ3v) is 3.50. The first kappa shape index (κ1) is 16.0. The molecule has 0 saturated heterocycles. The molecule has 0 radical (unpaired) electrons. The second-order valence-electron chi connectivity index (χ2n) is 6.35. The number of benzene rings is 1. The van der Waals surface area contributed by atoms with Crippen molar-refractivity contribution in [2.45, 2.75) is 32.6 Å². The molecule has 2 aromatic rings. The molecular formula is C18H22N2O2. The predicted molar refractivity (Wildman–Crippen MR) is 87.1 cm³/mol. The molecule has 22 heavy (non-hydrogen) atoms. The number of aromatic nitrogens is 1. The van der Waals surface area contributed by atoms with Crippen molar-refractivity contribution in [2.75, 3.05) is 6.54 Å². The molecule has 0 unspecified atom stereocenters. The molecule has 2 rings (SSSR count). The van der Waals surface area contributed by atoms with Gasteiger partial charge in [0.25, 0.3) is 5.91 Å². The third-order valence-electron chi connectivity index (χ3n) is 3.50. The smallest absolute Gasteiger partial charge is 0.269 e. The van der Waals surface area contributed by atoms with Gasteiger partial charge in [0.15, 0.2) is 0 Å². The van der Waals surface area contributed by atoms with Crippen molar-refractivity contribution in [3.8, 4) is 5.75 Å². The first-order valence-electron chi connectivity index (χ1n) is 7.39. The fraction of sp³-hybridized carbons (Fsp3) is 0.333. The average molecular weight is 298 g/mol. The number of pyridine rings is 1. The van der Waals surface area contributed by atoms with Crippen LogP contribution in [0.25, 0.3) is 0 Å². The van der Waals surface area contributed by atoms with Crippen molar-refractivity contribution < 1.29 is 9.90 Å². The summed E-state index contributed by atoms with van der Waals surface area (Å²) in [6.45, 7) is 7.11. The molecule has 0 aliphatic rings. The summed E-state index contributed by atoms with van der Waals surface area (Å²) in [5.41, 5.74) is 2.94. The zero-order valence-electron chi connectivity index (χ0n) is 13.3. The van der Waals surface area contributed by atoms with Crippen molar-refractivity contribution in [1.82, 2.24) is 10.3 Å². The van der Waals surface area contributed by atoms with Crippen molar-refractivity contribution in [2.24, 2.45) is 0 Å². The summed E-state index contributed by atoms with van der Waals surface area (Å²) in [6, 6.07) is 11.4. The highest BCUT2D eigenvalue weighted by Crippen LogP contribution is 2.22. The Morgan fingerprint density at radius 1 is 1.14 bits per heavy atom. The molecule has 2 N–H and O–H groups in total. The van der Waals surface area contributed by atoms with Gasteiger partial charge in [-0.3, -0.25) is 4.79 Å². The fourth-order valence-electron chi connectivity index (χ4n) is 2.10. The molecule has 1 amide bonds. The minimum absolute atomic E-state index is 0.0514. The molecule has 1 heterocycles. The van der Waals surface area contributed by atoms with Gasteiger partial charge < -0.3 is 10.4 Å². The van der Waals surface area contributed by atoms with Gasteiger partial charge in [-0.05, 0) is 35.1 Å². The summed E-state index contributed by atoms with van der Waals surface area (Å²) in [5, 5.41) is 12.0. The van der Waals surface area contributed by atoms with Gasteiger partial charge in [0, 0.05) is 6.54 Å². The Morgan fingerprint density at radius 2 is 1.82 bits per heavy atom. The second kappa shape index (κ2) is 6.60. The van der Waals surface area contributed by atoms with Gasteiger partial charge in [-0.15, -0.1) is 0 Å². The molecule has 4 heteroatoms. The Morgan fingerprint density at radius 3 is 2.36 bits per heavy atom. The maximum absolute atomic E-state index is 11.9. The van der Waals surface area contributed by atoms with E-state index in [0.29, 0.717) is 12.2 Å². The average Bonchev–Trinajstić information content (AvgIpc) is 2.47. The molecule has 4 nitrogen and oxygen atoms in total. The van der Waals surface area contributed by atoms with Crippen LogP contribution in [0.4, 0.5) is 0 Å². The largest absolute Gasteiger partial charge is 0.506 e. The number of hydrogen-bond acceptors (Lipinski definition) is 3. The van der Waals surface area contributed by atoms with E-state index in [4.69, 9.17) is 5.11 Å². The van der Waals surface area contributed by atoms with Crippen LogP contribution in [0.1, 0.15) is 42.4 Å². The lowest BCUT2D eigenvalue weighted by atomic mass is 9.86. The monoisotopic (exact) mass is 298 g/mol. The first-order valence-corrected chi connectivity index (χ1v) is 7.39. The molecule has 0 aliphatic carbocycles. The zero-order chi connectivity index (χ0) is 16.2. The number of amides is 1. The third kappa shape index (κ3) is 4.32. The van der Waals surface area contributed by atoms with Crippen LogP contribution >= 0.6 is 0 Å². The van der Waals surface area contributed by atoms with Crippen LogP contribution in [0.3, 0.4) is 0 Å². The molecular weight excluding hydrogens is 276 g/mol. The van der Waals surface area contributed by atoms with E-state index in [1.807, 2.05) is 0 Å². The molecule has 0 atom stereocenters. The molecule has 116 valence electrons. The summed E-state index contributed by atoms with van der Waals surface area (Å²) < 4.78 is 0. The Kier molecular flexibility index (Phi) is 4.81. The standard InChI is InChI=1S/C18H22N2O2/c1-18(2,3)14-6-4-13(5-7-14)10-11-19-17(22)16-9-8-15(21)12-20-16/h4-9,12,21H,10-11H2,1-3H3,(H,19,22). The summed E-state index contributed by atoms with van der Waals surface area (Å²) in [5.74, 6) is -0.179. The van der Waals surface area contributed by atoms with Crippen molar-refractivity contribution in [3.05, 3.63) is 59.4 Å². The molecule has 0 aliphatic heterocycles. The summed E-state index contributed by atoms with van der Waals surface area (Å²) >= 11 is 0. The van der Waals surface area contributed by atoms with Crippen LogP contribution in [0, 0.1) is 0 Å². The lowest BCUT2D eigenvalue weighted by Gasteiger charge is -2.19.